The first-order chi connectivity index (χ1) is 16.7. The first-order valence-electron chi connectivity index (χ1n) is 12.5. The molecule has 1 heterocycles. The summed E-state index contributed by atoms with van der Waals surface area (Å²) in [6.07, 6.45) is 3.76. The number of benzene rings is 2. The van der Waals surface area contributed by atoms with Gasteiger partial charge >= 0.3 is 5.97 Å². The summed E-state index contributed by atoms with van der Waals surface area (Å²) >= 11 is 0. The molecule has 35 heavy (non-hydrogen) atoms. The van der Waals surface area contributed by atoms with Crippen molar-refractivity contribution < 1.29 is 24.1 Å². The van der Waals surface area contributed by atoms with Crippen molar-refractivity contribution in [1.82, 2.24) is 4.90 Å². The maximum absolute atomic E-state index is 14.0. The molecule has 0 aliphatic carbocycles. The number of aliphatic carboxylic acids is 1. The predicted molar refractivity (Wildman–Crippen MR) is 137 cm³/mol. The lowest BCUT2D eigenvalue weighted by Crippen LogP contribution is -2.39. The van der Waals surface area contributed by atoms with Crippen LogP contribution in [0.1, 0.15) is 67.0 Å². The molecule has 0 aromatic heterocycles. The van der Waals surface area contributed by atoms with E-state index in [1.165, 1.54) is 6.08 Å². The van der Waals surface area contributed by atoms with Gasteiger partial charge in [-0.05, 0) is 86.9 Å². The Morgan fingerprint density at radius 3 is 2.71 bits per heavy atom. The largest absolute Gasteiger partial charge is 0.478 e. The van der Waals surface area contributed by atoms with Gasteiger partial charge in [-0.2, -0.15) is 0 Å². The van der Waals surface area contributed by atoms with Crippen LogP contribution in [0.5, 0.6) is 0 Å². The zero-order valence-corrected chi connectivity index (χ0v) is 21.3. The van der Waals surface area contributed by atoms with Crippen molar-refractivity contribution in [1.29, 1.82) is 0 Å². The van der Waals surface area contributed by atoms with Gasteiger partial charge in [-0.25, -0.2) is 9.18 Å². The number of aliphatic hydroxyl groups excluding tert-OH is 1. The average molecular weight is 484 g/mol. The fraction of sp³-hybridized carbons (Fsp3) is 0.483. The predicted octanol–water partition coefficient (Wildman–Crippen LogP) is 5.47. The number of halogens is 1. The smallest absolute Gasteiger partial charge is 0.328 e. The summed E-state index contributed by atoms with van der Waals surface area (Å²) in [6.45, 7) is 9.23. The Kier molecular flexibility index (Phi) is 9.61. The number of rotatable bonds is 11. The topological polar surface area (TPSA) is 70.0 Å². The average Bonchev–Trinajstić information content (AvgIpc) is 3.24. The second-order valence-corrected chi connectivity index (χ2v) is 9.66. The molecule has 5 nitrogen and oxygen atoms in total. The molecule has 2 aromatic carbocycles. The molecule has 0 saturated carbocycles. The van der Waals surface area contributed by atoms with Crippen LogP contribution in [-0.4, -0.2) is 52.9 Å². The van der Waals surface area contributed by atoms with E-state index in [0.717, 1.165) is 53.6 Å². The van der Waals surface area contributed by atoms with Crippen molar-refractivity contribution in [3.8, 4) is 0 Å². The number of aryl methyl sites for hydroxylation is 2. The molecule has 0 bridgehead atoms. The van der Waals surface area contributed by atoms with Gasteiger partial charge in [-0.15, -0.1) is 0 Å². The molecule has 3 rings (SSSR count). The molecule has 0 amide bonds. The summed E-state index contributed by atoms with van der Waals surface area (Å²) in [5.74, 6) is -1.14. The second-order valence-electron chi connectivity index (χ2n) is 9.66. The van der Waals surface area contributed by atoms with E-state index >= 15 is 0 Å². The van der Waals surface area contributed by atoms with Crippen LogP contribution in [0, 0.1) is 19.7 Å². The normalized spacial score (nSPS) is 18.6. The highest BCUT2D eigenvalue weighted by molar-refractivity contribution is 5.90. The molecular formula is C29H38FNO4. The summed E-state index contributed by atoms with van der Waals surface area (Å²) < 4.78 is 20.0. The number of hydrogen-bond acceptors (Lipinski definition) is 4. The number of hydrogen-bond donors (Lipinski definition) is 2. The highest BCUT2D eigenvalue weighted by atomic mass is 19.1. The van der Waals surface area contributed by atoms with Crippen molar-refractivity contribution in [2.45, 2.75) is 71.6 Å². The molecule has 190 valence electrons. The van der Waals surface area contributed by atoms with Gasteiger partial charge in [-0.3, -0.25) is 4.90 Å². The minimum Gasteiger partial charge on any atom is -0.478 e. The van der Waals surface area contributed by atoms with Gasteiger partial charge in [0.15, 0.2) is 0 Å². The molecule has 2 N–H and O–H groups in total. The van der Waals surface area contributed by atoms with E-state index in [1.54, 1.807) is 13.0 Å². The molecule has 3 atom stereocenters. The lowest BCUT2D eigenvalue weighted by molar-refractivity contribution is -0.131. The number of carbonyl (C=O) groups is 1. The number of nitrogens with zero attached hydrogens (tertiary/aromatic N) is 1. The number of allylic oxidation sites excluding steroid dienone is 1. The number of carboxylic acids is 1. The zero-order valence-electron chi connectivity index (χ0n) is 21.3. The molecule has 1 aliphatic rings. The highest BCUT2D eigenvalue weighted by Crippen LogP contribution is 2.30. The number of β-amino-alcohol motifs (C(OH)–C–C–N with tert-alkyl or cyclic N) is 1. The van der Waals surface area contributed by atoms with E-state index < -0.39 is 12.1 Å². The van der Waals surface area contributed by atoms with Crippen molar-refractivity contribution >= 4 is 11.5 Å². The lowest BCUT2D eigenvalue weighted by Gasteiger charge is -2.28. The van der Waals surface area contributed by atoms with E-state index in [0.29, 0.717) is 18.5 Å². The van der Waals surface area contributed by atoms with Gasteiger partial charge in [0, 0.05) is 18.7 Å². The Morgan fingerprint density at radius 2 is 2.03 bits per heavy atom. The van der Waals surface area contributed by atoms with E-state index in [9.17, 15) is 19.4 Å². The van der Waals surface area contributed by atoms with E-state index in [2.05, 4.69) is 4.90 Å². The Labute approximate surface area is 208 Å². The third-order valence-corrected chi connectivity index (χ3v) is 6.86. The van der Waals surface area contributed by atoms with Gasteiger partial charge in [0.1, 0.15) is 5.82 Å². The standard InChI is InChI=1S/C29H38FNO4/c1-5-23(16-29(33)34)26-11-8-19(2)13-27(26)21(4)35-18-25(32)17-31-12-6-7-24(31)14-22-10-9-20(3)28(30)15-22/h8-11,13,15-16,21,24-25,32H,5-7,12,14,17-18H2,1-4H3,(H,33,34)/b23-16+/t21-,24+,25+/m1/s1. The van der Waals surface area contributed by atoms with Gasteiger partial charge in [0.25, 0.3) is 0 Å². The Balaban J connectivity index is 1.61. The molecule has 0 spiro atoms. The van der Waals surface area contributed by atoms with Crippen LogP contribution in [0.3, 0.4) is 0 Å². The molecule has 0 radical (unpaired) electrons. The van der Waals surface area contributed by atoms with Crippen molar-refractivity contribution in [2.24, 2.45) is 0 Å². The number of aliphatic hydroxyl groups is 1. The summed E-state index contributed by atoms with van der Waals surface area (Å²) in [7, 11) is 0. The van der Waals surface area contributed by atoms with Crippen LogP contribution in [0.4, 0.5) is 4.39 Å². The Hall–Kier alpha value is -2.54. The van der Waals surface area contributed by atoms with Gasteiger partial charge < -0.3 is 14.9 Å². The number of likely N-dealkylation sites (tertiary alicyclic amines) is 1. The minimum atomic E-state index is -0.967. The molecule has 0 unspecified atom stereocenters. The van der Waals surface area contributed by atoms with E-state index in [1.807, 2.05) is 51.1 Å². The summed E-state index contributed by atoms with van der Waals surface area (Å²) in [5, 5.41) is 20.0. The molecule has 1 aliphatic heterocycles. The van der Waals surface area contributed by atoms with Gasteiger partial charge in [-0.1, -0.05) is 42.8 Å². The summed E-state index contributed by atoms with van der Waals surface area (Å²) in [5.41, 5.74) is 5.24. The molecule has 1 fully saturated rings. The van der Waals surface area contributed by atoms with Gasteiger partial charge in [0.05, 0.1) is 18.8 Å². The lowest BCUT2D eigenvalue weighted by atomic mass is 9.93. The van der Waals surface area contributed by atoms with Gasteiger partial charge in [0.2, 0.25) is 0 Å². The monoisotopic (exact) mass is 483 g/mol. The Bertz CT molecular complexity index is 1050. The molecular weight excluding hydrogens is 445 g/mol. The first-order valence-corrected chi connectivity index (χ1v) is 12.5. The Morgan fingerprint density at radius 1 is 1.26 bits per heavy atom. The van der Waals surface area contributed by atoms with Crippen LogP contribution in [0.15, 0.2) is 42.5 Å². The number of ether oxygens (including phenoxy) is 1. The van der Waals surface area contributed by atoms with Crippen LogP contribution < -0.4 is 0 Å². The third kappa shape index (κ3) is 7.47. The molecule has 1 saturated heterocycles. The SMILES string of the molecule is CC/C(=C\C(=O)O)c1ccc(C)cc1[C@@H](C)OC[C@@H](O)CN1CCC[C@H]1Cc1ccc(C)c(F)c1. The quantitative estimate of drug-likeness (QED) is 0.415. The van der Waals surface area contributed by atoms with Crippen molar-refractivity contribution in [2.75, 3.05) is 19.7 Å². The number of carboxylic acid groups (broad SMARTS) is 1. The highest BCUT2D eigenvalue weighted by Gasteiger charge is 2.27. The van der Waals surface area contributed by atoms with Crippen LogP contribution in [-0.2, 0) is 16.0 Å². The third-order valence-electron chi connectivity index (χ3n) is 6.86. The fourth-order valence-corrected chi connectivity index (χ4v) is 4.90. The zero-order chi connectivity index (χ0) is 25.5. The summed E-state index contributed by atoms with van der Waals surface area (Å²) in [4.78, 5) is 13.6. The van der Waals surface area contributed by atoms with E-state index in [-0.39, 0.29) is 24.6 Å². The van der Waals surface area contributed by atoms with Crippen LogP contribution >= 0.6 is 0 Å². The van der Waals surface area contributed by atoms with Crippen molar-refractivity contribution in [3.05, 3.63) is 76.1 Å². The molecule has 6 heteroatoms. The maximum Gasteiger partial charge on any atom is 0.328 e. The second kappa shape index (κ2) is 12.4. The summed E-state index contributed by atoms with van der Waals surface area (Å²) in [6, 6.07) is 11.6. The van der Waals surface area contributed by atoms with Crippen LogP contribution in [0.25, 0.3) is 5.57 Å². The molecule has 2 aromatic rings. The fourth-order valence-electron chi connectivity index (χ4n) is 4.90. The maximum atomic E-state index is 14.0. The van der Waals surface area contributed by atoms with E-state index in [4.69, 9.17) is 4.74 Å². The van der Waals surface area contributed by atoms with Crippen molar-refractivity contribution in [3.63, 3.8) is 0 Å². The van der Waals surface area contributed by atoms with Crippen LogP contribution in [0.2, 0.25) is 0 Å². The minimum absolute atomic E-state index is 0.172. The first kappa shape index (κ1) is 27.1.